The Labute approximate surface area is 96.5 Å². The third-order valence-corrected chi connectivity index (χ3v) is 2.68. The first-order valence-corrected chi connectivity index (χ1v) is 5.20. The van der Waals surface area contributed by atoms with E-state index in [-0.39, 0.29) is 0 Å². The number of carbonyl (C=O) groups excluding carboxylic acids is 1. The van der Waals surface area contributed by atoms with Crippen LogP contribution < -0.4 is 10.5 Å². The van der Waals surface area contributed by atoms with E-state index >= 15 is 0 Å². The molecule has 0 saturated carbocycles. The molecule has 0 spiro atoms. The van der Waals surface area contributed by atoms with Crippen molar-refractivity contribution in [3.63, 3.8) is 0 Å². The number of hydrogen-bond acceptors (Lipinski definition) is 4. The average molecular weight is 274 g/mol. The number of anilines is 1. The SMILES string of the molecule is CCOC(=O)c1ccc(OC)c(Br)c1N. The lowest BCUT2D eigenvalue weighted by atomic mass is 10.2. The van der Waals surface area contributed by atoms with E-state index in [9.17, 15) is 4.79 Å². The molecule has 4 nitrogen and oxygen atoms in total. The fraction of sp³-hybridized carbons (Fsp3) is 0.300. The zero-order chi connectivity index (χ0) is 11.4. The maximum Gasteiger partial charge on any atom is 0.340 e. The molecule has 0 aliphatic heterocycles. The lowest BCUT2D eigenvalue weighted by Gasteiger charge is -2.09. The maximum absolute atomic E-state index is 11.5. The fourth-order valence-corrected chi connectivity index (χ4v) is 1.63. The predicted molar refractivity (Wildman–Crippen MR) is 61.1 cm³/mol. The number of rotatable bonds is 3. The molecular weight excluding hydrogens is 262 g/mol. The van der Waals surface area contributed by atoms with E-state index in [0.29, 0.717) is 28.1 Å². The van der Waals surface area contributed by atoms with Crippen LogP contribution in [0.1, 0.15) is 17.3 Å². The van der Waals surface area contributed by atoms with Gasteiger partial charge in [-0.05, 0) is 35.0 Å². The molecule has 82 valence electrons. The van der Waals surface area contributed by atoms with Crippen LogP contribution in [0.5, 0.6) is 5.75 Å². The summed E-state index contributed by atoms with van der Waals surface area (Å²) >= 11 is 3.25. The maximum atomic E-state index is 11.5. The molecule has 0 amide bonds. The molecule has 1 aromatic rings. The van der Waals surface area contributed by atoms with Gasteiger partial charge in [-0.1, -0.05) is 0 Å². The quantitative estimate of drug-likeness (QED) is 0.678. The first kappa shape index (κ1) is 11.8. The normalized spacial score (nSPS) is 9.80. The number of halogens is 1. The van der Waals surface area contributed by atoms with Crippen molar-refractivity contribution in [1.29, 1.82) is 0 Å². The second kappa shape index (κ2) is 5.02. The van der Waals surface area contributed by atoms with E-state index in [4.69, 9.17) is 15.2 Å². The second-order valence-electron chi connectivity index (χ2n) is 2.76. The highest BCUT2D eigenvalue weighted by Gasteiger charge is 2.15. The van der Waals surface area contributed by atoms with E-state index < -0.39 is 5.97 Å². The molecule has 0 aromatic heterocycles. The van der Waals surface area contributed by atoms with Gasteiger partial charge in [-0.2, -0.15) is 0 Å². The molecular formula is C10H12BrNO3. The van der Waals surface area contributed by atoms with Crippen molar-refractivity contribution in [1.82, 2.24) is 0 Å². The minimum absolute atomic E-state index is 0.321. The Balaban J connectivity index is 3.11. The van der Waals surface area contributed by atoms with Crippen LogP contribution in [0.4, 0.5) is 5.69 Å². The van der Waals surface area contributed by atoms with Crippen LogP contribution in [0.25, 0.3) is 0 Å². The third-order valence-electron chi connectivity index (χ3n) is 1.86. The Morgan fingerprint density at radius 3 is 2.73 bits per heavy atom. The number of benzene rings is 1. The number of ether oxygens (including phenoxy) is 2. The highest BCUT2D eigenvalue weighted by molar-refractivity contribution is 9.10. The van der Waals surface area contributed by atoms with Crippen LogP contribution in [-0.2, 0) is 4.74 Å². The zero-order valence-corrected chi connectivity index (χ0v) is 10.1. The second-order valence-corrected chi connectivity index (χ2v) is 3.56. The van der Waals surface area contributed by atoms with Gasteiger partial charge < -0.3 is 15.2 Å². The minimum atomic E-state index is -0.432. The first-order valence-electron chi connectivity index (χ1n) is 4.40. The number of esters is 1. The van der Waals surface area contributed by atoms with Gasteiger partial charge in [-0.25, -0.2) is 4.79 Å². The zero-order valence-electron chi connectivity index (χ0n) is 8.54. The Morgan fingerprint density at radius 2 is 2.20 bits per heavy atom. The van der Waals surface area contributed by atoms with Crippen molar-refractivity contribution < 1.29 is 14.3 Å². The van der Waals surface area contributed by atoms with E-state index in [2.05, 4.69) is 15.9 Å². The van der Waals surface area contributed by atoms with Gasteiger partial charge in [-0.3, -0.25) is 0 Å². The van der Waals surface area contributed by atoms with Crippen LogP contribution >= 0.6 is 15.9 Å². The fourth-order valence-electron chi connectivity index (χ4n) is 1.12. The van der Waals surface area contributed by atoms with Gasteiger partial charge >= 0.3 is 5.97 Å². The van der Waals surface area contributed by atoms with E-state index in [0.717, 1.165) is 0 Å². The number of nitrogen functional groups attached to an aromatic ring is 1. The smallest absolute Gasteiger partial charge is 0.340 e. The highest BCUT2D eigenvalue weighted by atomic mass is 79.9. The van der Waals surface area contributed by atoms with Crippen molar-refractivity contribution in [3.8, 4) is 5.75 Å². The molecule has 1 rings (SSSR count). The lowest BCUT2D eigenvalue weighted by molar-refractivity contribution is 0.0527. The van der Waals surface area contributed by atoms with Crippen LogP contribution in [0.3, 0.4) is 0 Å². The first-order chi connectivity index (χ1) is 7.11. The van der Waals surface area contributed by atoms with Gasteiger partial charge in [0.1, 0.15) is 5.75 Å². The summed E-state index contributed by atoms with van der Waals surface area (Å²) in [5, 5.41) is 0. The van der Waals surface area contributed by atoms with E-state index in [1.54, 1.807) is 19.1 Å². The predicted octanol–water partition coefficient (Wildman–Crippen LogP) is 2.22. The summed E-state index contributed by atoms with van der Waals surface area (Å²) < 4.78 is 10.5. The van der Waals surface area contributed by atoms with Crippen molar-refractivity contribution >= 4 is 27.6 Å². The van der Waals surface area contributed by atoms with Crippen molar-refractivity contribution in [2.45, 2.75) is 6.92 Å². The van der Waals surface area contributed by atoms with Crippen LogP contribution in [0.15, 0.2) is 16.6 Å². The molecule has 0 atom stereocenters. The van der Waals surface area contributed by atoms with Gasteiger partial charge in [0, 0.05) is 0 Å². The Morgan fingerprint density at radius 1 is 1.53 bits per heavy atom. The third kappa shape index (κ3) is 2.41. The molecule has 5 heteroatoms. The Hall–Kier alpha value is -1.23. The van der Waals surface area contributed by atoms with Crippen molar-refractivity contribution in [2.24, 2.45) is 0 Å². The summed E-state index contributed by atoms with van der Waals surface area (Å²) in [4.78, 5) is 11.5. The molecule has 0 radical (unpaired) electrons. The lowest BCUT2D eigenvalue weighted by Crippen LogP contribution is -2.08. The molecule has 0 unspecified atom stereocenters. The monoisotopic (exact) mass is 273 g/mol. The van der Waals surface area contributed by atoms with E-state index in [1.165, 1.54) is 7.11 Å². The Kier molecular flexibility index (Phi) is 3.96. The standard InChI is InChI=1S/C10H12BrNO3/c1-3-15-10(13)6-4-5-7(14-2)8(11)9(6)12/h4-5H,3,12H2,1-2H3. The molecule has 15 heavy (non-hydrogen) atoms. The number of hydrogen-bond donors (Lipinski definition) is 1. The van der Waals surface area contributed by atoms with Gasteiger partial charge in [0.15, 0.2) is 0 Å². The van der Waals surface area contributed by atoms with Crippen LogP contribution in [-0.4, -0.2) is 19.7 Å². The van der Waals surface area contributed by atoms with Crippen LogP contribution in [0.2, 0.25) is 0 Å². The van der Waals surface area contributed by atoms with E-state index in [1.807, 2.05) is 0 Å². The summed E-state index contributed by atoms with van der Waals surface area (Å²) in [5.74, 6) is 0.152. The number of methoxy groups -OCH3 is 1. The summed E-state index contributed by atoms with van der Waals surface area (Å²) in [5.41, 5.74) is 6.43. The molecule has 0 heterocycles. The molecule has 0 fully saturated rings. The molecule has 2 N–H and O–H groups in total. The summed E-state index contributed by atoms with van der Waals surface area (Å²) in [6.45, 7) is 2.06. The van der Waals surface area contributed by atoms with Gasteiger partial charge in [0.25, 0.3) is 0 Å². The average Bonchev–Trinajstić information content (AvgIpc) is 2.22. The Bertz CT molecular complexity index is 379. The summed E-state index contributed by atoms with van der Waals surface area (Å²) in [7, 11) is 1.53. The number of carbonyl (C=O) groups is 1. The minimum Gasteiger partial charge on any atom is -0.495 e. The topological polar surface area (TPSA) is 61.5 Å². The molecule has 0 aliphatic carbocycles. The summed E-state index contributed by atoms with van der Waals surface area (Å²) in [6.07, 6.45) is 0. The van der Waals surface area contributed by atoms with Gasteiger partial charge in [0.05, 0.1) is 29.4 Å². The molecule has 1 aromatic carbocycles. The molecule has 0 saturated heterocycles. The van der Waals surface area contributed by atoms with Crippen molar-refractivity contribution in [3.05, 3.63) is 22.2 Å². The van der Waals surface area contributed by atoms with Crippen LogP contribution in [0, 0.1) is 0 Å². The number of nitrogens with two attached hydrogens (primary N) is 1. The van der Waals surface area contributed by atoms with Gasteiger partial charge in [-0.15, -0.1) is 0 Å². The van der Waals surface area contributed by atoms with Gasteiger partial charge in [0.2, 0.25) is 0 Å². The van der Waals surface area contributed by atoms with Crippen molar-refractivity contribution in [2.75, 3.05) is 19.5 Å². The molecule has 0 aliphatic rings. The highest BCUT2D eigenvalue weighted by Crippen LogP contribution is 2.33. The summed E-state index contributed by atoms with van der Waals surface area (Å²) in [6, 6.07) is 3.24. The molecule has 0 bridgehead atoms. The largest absolute Gasteiger partial charge is 0.495 e.